The standard InChI is InChI=1S/C17H18N6O/c1-11-7-14(9-18)22-17(21-11)20-10-13-8-15(24)23(2)16(13)12-3-5-19-6-4-12/h3-7,13,16H,8,10H2,1-2H3,(H,20,21,22)/t13-,16-/m0/s1. The lowest BCUT2D eigenvalue weighted by Gasteiger charge is -2.25. The number of carbonyl (C=O) groups is 1. The van der Waals surface area contributed by atoms with Crippen molar-refractivity contribution in [1.29, 1.82) is 5.26 Å². The number of nitrogens with one attached hydrogen (secondary N) is 1. The molecule has 1 fully saturated rings. The third-order valence-electron chi connectivity index (χ3n) is 4.23. The van der Waals surface area contributed by atoms with E-state index in [-0.39, 0.29) is 17.9 Å². The molecule has 24 heavy (non-hydrogen) atoms. The number of hydrogen-bond acceptors (Lipinski definition) is 6. The lowest BCUT2D eigenvalue weighted by Crippen LogP contribution is -2.26. The van der Waals surface area contributed by atoms with E-state index in [9.17, 15) is 4.79 Å². The Labute approximate surface area is 140 Å². The van der Waals surface area contributed by atoms with E-state index >= 15 is 0 Å². The molecule has 7 heteroatoms. The molecule has 0 spiro atoms. The fraction of sp³-hybridized carbons (Fsp3) is 0.353. The highest BCUT2D eigenvalue weighted by Gasteiger charge is 2.38. The number of aromatic nitrogens is 3. The van der Waals surface area contributed by atoms with Gasteiger partial charge in [0.2, 0.25) is 11.9 Å². The van der Waals surface area contributed by atoms with Crippen LogP contribution >= 0.6 is 0 Å². The van der Waals surface area contributed by atoms with Gasteiger partial charge in [0.15, 0.2) is 0 Å². The lowest BCUT2D eigenvalue weighted by molar-refractivity contribution is -0.127. The van der Waals surface area contributed by atoms with Crippen molar-refractivity contribution in [3.63, 3.8) is 0 Å². The predicted molar refractivity (Wildman–Crippen MR) is 87.8 cm³/mol. The first-order valence-electron chi connectivity index (χ1n) is 7.73. The predicted octanol–water partition coefficient (Wildman–Crippen LogP) is 1.68. The molecule has 0 bridgehead atoms. The maximum absolute atomic E-state index is 12.1. The summed E-state index contributed by atoms with van der Waals surface area (Å²) >= 11 is 0. The van der Waals surface area contributed by atoms with Gasteiger partial charge in [0, 0.05) is 44.0 Å². The van der Waals surface area contributed by atoms with E-state index in [4.69, 9.17) is 5.26 Å². The van der Waals surface area contributed by atoms with Crippen LogP contribution in [0.5, 0.6) is 0 Å². The van der Waals surface area contributed by atoms with Gasteiger partial charge in [0.25, 0.3) is 0 Å². The van der Waals surface area contributed by atoms with E-state index in [1.165, 1.54) is 0 Å². The summed E-state index contributed by atoms with van der Waals surface area (Å²) in [6.07, 6.45) is 3.94. The molecule has 0 aliphatic carbocycles. The number of likely N-dealkylation sites (tertiary alicyclic amines) is 1. The SMILES string of the molecule is Cc1cc(C#N)nc(NC[C@@H]2CC(=O)N(C)[C@H]2c2ccncc2)n1. The molecular weight excluding hydrogens is 304 g/mol. The molecule has 0 unspecified atom stereocenters. The number of rotatable bonds is 4. The van der Waals surface area contributed by atoms with Crippen LogP contribution < -0.4 is 5.32 Å². The van der Waals surface area contributed by atoms with E-state index in [1.54, 1.807) is 23.4 Å². The van der Waals surface area contributed by atoms with Crippen LogP contribution in [0.4, 0.5) is 5.95 Å². The van der Waals surface area contributed by atoms with Crippen molar-refractivity contribution in [2.24, 2.45) is 5.92 Å². The van der Waals surface area contributed by atoms with Gasteiger partial charge in [0.1, 0.15) is 11.8 Å². The van der Waals surface area contributed by atoms with Crippen LogP contribution in [0, 0.1) is 24.2 Å². The number of hydrogen-bond donors (Lipinski definition) is 1. The molecule has 0 saturated carbocycles. The van der Waals surface area contributed by atoms with E-state index < -0.39 is 0 Å². The lowest BCUT2D eigenvalue weighted by atomic mass is 9.94. The minimum absolute atomic E-state index is 0.00625. The number of amides is 1. The molecule has 2 atom stereocenters. The van der Waals surface area contributed by atoms with Crippen LogP contribution in [0.25, 0.3) is 0 Å². The van der Waals surface area contributed by atoms with E-state index in [0.29, 0.717) is 24.6 Å². The van der Waals surface area contributed by atoms with Crippen LogP contribution in [0.15, 0.2) is 30.6 Å². The number of nitriles is 1. The Morgan fingerprint density at radius 1 is 1.38 bits per heavy atom. The fourth-order valence-corrected chi connectivity index (χ4v) is 3.12. The Morgan fingerprint density at radius 2 is 2.12 bits per heavy atom. The fourth-order valence-electron chi connectivity index (χ4n) is 3.12. The molecule has 0 aromatic carbocycles. The van der Waals surface area contributed by atoms with Crippen molar-refractivity contribution in [1.82, 2.24) is 19.9 Å². The van der Waals surface area contributed by atoms with Gasteiger partial charge in [-0.1, -0.05) is 0 Å². The first kappa shape index (κ1) is 15.9. The average molecular weight is 322 g/mol. The molecular formula is C17H18N6O. The summed E-state index contributed by atoms with van der Waals surface area (Å²) in [5.41, 5.74) is 2.12. The summed E-state index contributed by atoms with van der Waals surface area (Å²) in [6, 6.07) is 7.52. The first-order chi connectivity index (χ1) is 11.6. The smallest absolute Gasteiger partial charge is 0.224 e. The summed E-state index contributed by atoms with van der Waals surface area (Å²) in [6.45, 7) is 2.37. The minimum Gasteiger partial charge on any atom is -0.354 e. The summed E-state index contributed by atoms with van der Waals surface area (Å²) in [7, 11) is 1.82. The Morgan fingerprint density at radius 3 is 2.83 bits per heavy atom. The topological polar surface area (TPSA) is 94.8 Å². The minimum atomic E-state index is -0.00625. The monoisotopic (exact) mass is 322 g/mol. The van der Waals surface area contributed by atoms with Crippen LogP contribution in [0.1, 0.15) is 29.4 Å². The van der Waals surface area contributed by atoms with Crippen molar-refractivity contribution in [3.05, 3.63) is 47.5 Å². The second-order valence-electron chi connectivity index (χ2n) is 5.91. The van der Waals surface area contributed by atoms with E-state index in [2.05, 4.69) is 20.3 Å². The number of anilines is 1. The summed E-state index contributed by atoms with van der Waals surface area (Å²) in [4.78, 5) is 26.4. The molecule has 1 N–H and O–H groups in total. The Balaban J connectivity index is 1.77. The Hall–Kier alpha value is -3.01. The molecule has 3 rings (SSSR count). The second-order valence-corrected chi connectivity index (χ2v) is 5.91. The molecule has 1 aliphatic heterocycles. The van der Waals surface area contributed by atoms with Gasteiger partial charge in [-0.15, -0.1) is 0 Å². The normalized spacial score (nSPS) is 20.0. The summed E-state index contributed by atoms with van der Waals surface area (Å²) < 4.78 is 0. The summed E-state index contributed by atoms with van der Waals surface area (Å²) in [5, 5.41) is 12.2. The molecule has 1 amide bonds. The third-order valence-corrected chi connectivity index (χ3v) is 4.23. The van der Waals surface area contributed by atoms with Gasteiger partial charge in [-0.25, -0.2) is 9.97 Å². The molecule has 1 aliphatic rings. The van der Waals surface area contributed by atoms with Gasteiger partial charge in [0.05, 0.1) is 6.04 Å². The van der Waals surface area contributed by atoms with Gasteiger partial charge >= 0.3 is 0 Å². The third kappa shape index (κ3) is 3.18. The molecule has 7 nitrogen and oxygen atoms in total. The maximum Gasteiger partial charge on any atom is 0.224 e. The van der Waals surface area contributed by atoms with E-state index in [1.807, 2.05) is 32.2 Å². The zero-order chi connectivity index (χ0) is 17.1. The zero-order valence-electron chi connectivity index (χ0n) is 13.6. The van der Waals surface area contributed by atoms with Crippen LogP contribution in [0.3, 0.4) is 0 Å². The van der Waals surface area contributed by atoms with Crippen molar-refractivity contribution >= 4 is 11.9 Å². The summed E-state index contributed by atoms with van der Waals surface area (Å²) in [5.74, 6) is 0.632. The quantitative estimate of drug-likeness (QED) is 0.920. The van der Waals surface area contributed by atoms with Gasteiger partial charge in [-0.05, 0) is 30.7 Å². The molecule has 122 valence electrons. The number of carbonyl (C=O) groups excluding carboxylic acids is 1. The highest BCUT2D eigenvalue weighted by Crippen LogP contribution is 2.36. The second kappa shape index (κ2) is 6.62. The van der Waals surface area contributed by atoms with Gasteiger partial charge < -0.3 is 10.2 Å². The highest BCUT2D eigenvalue weighted by molar-refractivity contribution is 5.79. The molecule has 2 aromatic heterocycles. The van der Waals surface area contributed by atoms with Crippen molar-refractivity contribution in [2.45, 2.75) is 19.4 Å². The molecule has 2 aromatic rings. The molecule has 1 saturated heterocycles. The van der Waals surface area contributed by atoms with E-state index in [0.717, 1.165) is 11.3 Å². The van der Waals surface area contributed by atoms with Gasteiger partial charge in [-0.2, -0.15) is 5.26 Å². The number of aryl methyl sites for hydroxylation is 1. The molecule has 0 radical (unpaired) electrons. The molecule has 3 heterocycles. The Bertz CT molecular complexity index is 785. The maximum atomic E-state index is 12.1. The van der Waals surface area contributed by atoms with Crippen LogP contribution in [-0.4, -0.2) is 39.4 Å². The van der Waals surface area contributed by atoms with Crippen molar-refractivity contribution in [2.75, 3.05) is 18.9 Å². The van der Waals surface area contributed by atoms with Crippen molar-refractivity contribution < 1.29 is 4.79 Å². The zero-order valence-corrected chi connectivity index (χ0v) is 13.6. The average Bonchev–Trinajstić information content (AvgIpc) is 2.87. The van der Waals surface area contributed by atoms with Crippen molar-refractivity contribution in [3.8, 4) is 6.07 Å². The van der Waals surface area contributed by atoms with Crippen LogP contribution in [-0.2, 0) is 4.79 Å². The number of nitrogens with zero attached hydrogens (tertiary/aromatic N) is 5. The van der Waals surface area contributed by atoms with Gasteiger partial charge in [-0.3, -0.25) is 9.78 Å². The highest BCUT2D eigenvalue weighted by atomic mass is 16.2. The Kier molecular flexibility index (Phi) is 4.38. The largest absolute Gasteiger partial charge is 0.354 e. The first-order valence-corrected chi connectivity index (χ1v) is 7.73. The number of pyridine rings is 1. The van der Waals surface area contributed by atoms with Crippen LogP contribution in [0.2, 0.25) is 0 Å².